The van der Waals surface area contributed by atoms with E-state index in [-0.39, 0.29) is 32.7 Å². The van der Waals surface area contributed by atoms with E-state index in [0.717, 1.165) is 22.6 Å². The van der Waals surface area contributed by atoms with Gasteiger partial charge in [-0.3, -0.25) is 0 Å². The normalized spacial score (nSPS) is 9.15. The molecule has 1 radical (unpaired) electrons. The molecular formula is C120H160OSY-2. The molecule has 0 amide bonds. The Morgan fingerprint density at radius 2 is 0.537 bits per heavy atom. The van der Waals surface area contributed by atoms with Crippen molar-refractivity contribution in [3.05, 3.63) is 379 Å². The van der Waals surface area contributed by atoms with Crippen LogP contribution in [0.15, 0.2) is 283 Å². The molecule has 2 heterocycles. The van der Waals surface area contributed by atoms with Gasteiger partial charge in [0.05, 0.1) is 0 Å². The Balaban J connectivity index is -0.00000131. The fourth-order valence-electron chi connectivity index (χ4n) is 12.8. The first-order valence-electron chi connectivity index (χ1n) is 45.8. The van der Waals surface area contributed by atoms with Crippen LogP contribution in [0, 0.1) is 123 Å². The Labute approximate surface area is 781 Å². The van der Waals surface area contributed by atoms with Crippen molar-refractivity contribution in [2.75, 3.05) is 0 Å². The maximum atomic E-state index is 5.08. The van der Waals surface area contributed by atoms with Gasteiger partial charge in [0.15, 0.2) is 0 Å². The number of benzene rings is 15. The summed E-state index contributed by atoms with van der Waals surface area (Å²) in [7, 11) is 0. The van der Waals surface area contributed by atoms with Crippen LogP contribution < -0.4 is 0 Å². The summed E-state index contributed by atoms with van der Waals surface area (Å²) in [6.07, 6.45) is 0. The van der Waals surface area contributed by atoms with Gasteiger partial charge in [0.1, 0.15) is 11.5 Å². The Morgan fingerprint density at radius 1 is 0.195 bits per heavy atom. The maximum absolute atomic E-state index is 5.08. The quantitative estimate of drug-likeness (QED) is 0.0907. The molecule has 123 heavy (non-hydrogen) atoms. The van der Waals surface area contributed by atoms with Crippen molar-refractivity contribution in [1.29, 1.82) is 0 Å². The smallest absolute Gasteiger partial charge is 0.101 e. The second-order valence-corrected chi connectivity index (χ2v) is 28.3. The van der Waals surface area contributed by atoms with Crippen molar-refractivity contribution in [2.45, 2.75) is 263 Å². The molecule has 15 aromatic carbocycles. The van der Waals surface area contributed by atoms with E-state index < -0.39 is 0 Å². The summed E-state index contributed by atoms with van der Waals surface area (Å²) in [5.74, 6) is 1.97. The largest absolute Gasteiger partial charge is 0.467 e. The minimum atomic E-state index is 0. The number of hydrogen-bond donors (Lipinski definition) is 0. The summed E-state index contributed by atoms with van der Waals surface area (Å²) < 4.78 is 5.08. The Morgan fingerprint density at radius 3 is 0.943 bits per heavy atom. The number of hydrogen-bond acceptors (Lipinski definition) is 2. The molecule has 0 unspecified atom stereocenters. The second-order valence-electron chi connectivity index (χ2n) is 26.8. The molecule has 0 aliphatic heterocycles. The molecule has 3 heteroatoms. The molecule has 0 saturated carbocycles. The summed E-state index contributed by atoms with van der Waals surface area (Å²) in [6.45, 7) is 77.8. The van der Waals surface area contributed by atoms with E-state index in [9.17, 15) is 0 Å². The van der Waals surface area contributed by atoms with E-state index in [2.05, 4.69) is 370 Å². The first-order chi connectivity index (χ1) is 59.2. The molecule has 0 atom stereocenters. The molecule has 0 fully saturated rings. The number of rotatable bonds is 1. The average Bonchev–Trinajstić information content (AvgIpc) is 1.46. The molecule has 17 aromatic rings. The SMILES string of the molecule is CC.CC.CC.CC.CC.CC.CC.CC.CC.CC.CC.Cc1c[c-]c(-c2[c-]cc(C)c3ccccc23)cc1.Cc1cc(C)c2ccccc2c1.Cc1ccc(C)c2cc3ccccc3cc12.Cc1ccc(C)o1.Cc1ccc(C)s1.Cc1ccc2c(ccc3cc(C)ccc32)c1.Cc1ccc2cc(C)c3ccccc3c2c1.Cc1ccccc1C.[Y]. The first-order valence-corrected chi connectivity index (χ1v) is 46.6. The Bertz CT molecular complexity index is 5410. The molecule has 0 N–H and O–H groups in total. The van der Waals surface area contributed by atoms with Gasteiger partial charge in [-0.05, 0) is 242 Å². The zero-order valence-corrected chi connectivity index (χ0v) is 87.6. The van der Waals surface area contributed by atoms with Crippen LogP contribution in [0.5, 0.6) is 0 Å². The van der Waals surface area contributed by atoms with Gasteiger partial charge in [-0.2, -0.15) is 36.4 Å². The van der Waals surface area contributed by atoms with Crippen molar-refractivity contribution in [3.63, 3.8) is 0 Å². The van der Waals surface area contributed by atoms with E-state index in [4.69, 9.17) is 4.42 Å². The molecular weight excluding hydrogens is 1580 g/mol. The molecule has 2 aromatic heterocycles. The summed E-state index contributed by atoms with van der Waals surface area (Å²) in [5, 5.41) is 21.4. The van der Waals surface area contributed by atoms with E-state index in [1.54, 1.807) is 0 Å². The summed E-state index contributed by atoms with van der Waals surface area (Å²) in [6, 6.07) is 106. The molecule has 0 saturated heterocycles. The number of fused-ring (bicyclic) bond motifs is 10. The van der Waals surface area contributed by atoms with Gasteiger partial charge in [-0.25, -0.2) is 11.1 Å². The molecule has 0 aliphatic rings. The van der Waals surface area contributed by atoms with Crippen LogP contribution in [-0.4, -0.2) is 0 Å². The van der Waals surface area contributed by atoms with Crippen molar-refractivity contribution in [3.8, 4) is 11.1 Å². The third kappa shape index (κ3) is 39.0. The fraction of sp³-hybridized carbons (Fsp3) is 0.317. The van der Waals surface area contributed by atoms with Crippen molar-refractivity contribution >= 4 is 97.5 Å². The van der Waals surface area contributed by atoms with Crippen molar-refractivity contribution in [2.24, 2.45) is 0 Å². The maximum Gasteiger partial charge on any atom is 0.101 e. The molecule has 0 bridgehead atoms. The van der Waals surface area contributed by atoms with E-state index in [1.807, 2.05) is 196 Å². The van der Waals surface area contributed by atoms with Gasteiger partial charge in [-0.15, -0.1) is 39.3 Å². The van der Waals surface area contributed by atoms with Crippen LogP contribution >= 0.6 is 11.3 Å². The molecule has 1 nitrogen and oxygen atoms in total. The second kappa shape index (κ2) is 68.8. The number of thiophene rings is 1. The van der Waals surface area contributed by atoms with Crippen molar-refractivity contribution < 1.29 is 37.1 Å². The molecule has 0 aliphatic carbocycles. The van der Waals surface area contributed by atoms with Crippen LogP contribution in [0.4, 0.5) is 0 Å². The van der Waals surface area contributed by atoms with Crippen molar-refractivity contribution in [1.82, 2.24) is 0 Å². The van der Waals surface area contributed by atoms with Gasteiger partial charge in [0.25, 0.3) is 0 Å². The predicted octanol–water partition coefficient (Wildman–Crippen LogP) is 39.9. The molecule has 0 spiro atoms. The van der Waals surface area contributed by atoms with Gasteiger partial charge in [-0.1, -0.05) is 401 Å². The van der Waals surface area contributed by atoms with Gasteiger partial charge in [0.2, 0.25) is 0 Å². The first kappa shape index (κ1) is 118. The predicted molar refractivity (Wildman–Crippen MR) is 565 cm³/mol. The Hall–Kier alpha value is -9.54. The topological polar surface area (TPSA) is 13.1 Å². The third-order valence-corrected chi connectivity index (χ3v) is 19.3. The number of furan rings is 1. The fourth-order valence-corrected chi connectivity index (χ4v) is 13.5. The summed E-state index contributed by atoms with van der Waals surface area (Å²) in [5.41, 5.74) is 18.2. The molecule has 657 valence electrons. The summed E-state index contributed by atoms with van der Waals surface area (Å²) in [4.78, 5) is 2.80. The van der Waals surface area contributed by atoms with Crippen LogP contribution in [0.3, 0.4) is 0 Å². The van der Waals surface area contributed by atoms with Crippen LogP contribution in [0.1, 0.15) is 240 Å². The molecule has 17 rings (SSSR count). The van der Waals surface area contributed by atoms with E-state index >= 15 is 0 Å². The summed E-state index contributed by atoms with van der Waals surface area (Å²) >= 11 is 1.84. The number of aryl methyl sites for hydroxylation is 16. The van der Waals surface area contributed by atoms with Gasteiger partial charge in [0, 0.05) is 42.5 Å². The standard InChI is InChI=1S/C18H14.3C16H14.C12H12.C8H10.C6H8O.C6H8S.11C2H6.Y/c1-13-7-10-15(11-8-13)17-12-9-14(2)16-5-3-4-6-18(16)17;1-11-3-7-15-13(9-11)5-6-14-10-12(2)4-8-16(14)15;1-11-7-8-12(2)16-10-14-6-4-3-5-13(14)9-15(11)16;1-11-7-8-13-10-12(2)14-5-3-4-6-15(14)16(13)9-11;1-9-7-10(2)12-6-4-3-5-11(12)8-9;1-7-5-3-4-6-8(7)2;2*1-5-3-4-6(2)7-5;11*1-2;/h3-10H,1-2H3;3*3-10H,1-2H3;3-8H,1-2H3;3-6H,1-2H3;2*3-4H,1-2H3;11*1-2H3;/q-2;;;;;;;;;;;;;;;;;;;. The van der Waals surface area contributed by atoms with Crippen LogP contribution in [0.2, 0.25) is 0 Å². The van der Waals surface area contributed by atoms with Crippen LogP contribution in [0.25, 0.3) is 97.3 Å². The zero-order chi connectivity index (χ0) is 93.0. The zero-order valence-electron chi connectivity index (χ0n) is 84.0. The monoisotopic (exact) mass is 1740 g/mol. The van der Waals surface area contributed by atoms with E-state index in [1.165, 1.54) is 163 Å². The van der Waals surface area contributed by atoms with Gasteiger partial charge < -0.3 is 4.42 Å². The van der Waals surface area contributed by atoms with E-state index in [0.29, 0.717) is 0 Å². The average molecular weight is 1740 g/mol. The minimum Gasteiger partial charge on any atom is -0.467 e. The van der Waals surface area contributed by atoms with Crippen LogP contribution in [-0.2, 0) is 32.7 Å². The minimum absolute atomic E-state index is 0. The Kier molecular flexibility index (Phi) is 65.8. The third-order valence-electron chi connectivity index (χ3n) is 18.4. The van der Waals surface area contributed by atoms with Gasteiger partial charge >= 0.3 is 0 Å².